The molecule has 252 valence electrons. The Labute approximate surface area is 267 Å². The Morgan fingerprint density at radius 3 is 0.810 bits per heavy atom. The van der Waals surface area contributed by atoms with Gasteiger partial charge in [-0.05, 0) is 53.0 Å². The summed E-state index contributed by atoms with van der Waals surface area (Å²) < 4.78 is 63.8. The first kappa shape index (κ1) is 41.2. The topological polar surface area (TPSA) is 120 Å². The summed E-state index contributed by atoms with van der Waals surface area (Å²) in [4.78, 5) is 0. The highest BCUT2D eigenvalue weighted by Gasteiger charge is 2.37. The van der Waals surface area contributed by atoms with Crippen LogP contribution in [-0.4, -0.2) is 99.1 Å². The van der Waals surface area contributed by atoms with Crippen molar-refractivity contribution in [2.24, 2.45) is 13.5 Å². The van der Waals surface area contributed by atoms with Gasteiger partial charge in [0.1, 0.15) is 0 Å². The summed E-state index contributed by atoms with van der Waals surface area (Å²) in [7, 11) is 0. The van der Waals surface area contributed by atoms with E-state index < -0.39 is 20.4 Å². The number of unbranched alkanes of at least 4 members (excludes halogenated alkanes) is 3. The molecule has 12 nitrogen and oxygen atoms in total. The summed E-state index contributed by atoms with van der Waals surface area (Å²) in [6, 6.07) is 0. The first-order valence-corrected chi connectivity index (χ1v) is 22.3. The van der Waals surface area contributed by atoms with E-state index in [0.29, 0.717) is 59.5 Å². The monoisotopic (exact) mass is 723 g/mol. The van der Waals surface area contributed by atoms with Gasteiger partial charge in [-0.2, -0.15) is 13.5 Å². The third-order valence-corrected chi connectivity index (χ3v) is 16.5. The second kappa shape index (κ2) is 26.3. The first-order valence-electron chi connectivity index (χ1n) is 14.7. The average Bonchev–Trinajstić information content (AvgIpc) is 2.94. The molecule has 1 heterocycles. The van der Waals surface area contributed by atoms with Gasteiger partial charge >= 0.3 is 20.4 Å². The number of hydrogen-bond donors (Lipinski definition) is 0. The van der Waals surface area contributed by atoms with Crippen LogP contribution in [-0.2, 0) is 42.0 Å². The lowest BCUT2D eigenvalue weighted by atomic mass is 10.4. The van der Waals surface area contributed by atoms with Crippen molar-refractivity contribution in [1.29, 1.82) is 0 Å². The highest BCUT2D eigenvalue weighted by atomic mass is 35.7. The van der Waals surface area contributed by atoms with E-state index in [0.717, 1.165) is 38.5 Å². The van der Waals surface area contributed by atoms with Gasteiger partial charge in [-0.15, -0.1) is 0 Å². The molecule has 0 spiro atoms. The van der Waals surface area contributed by atoms with Crippen LogP contribution in [0.5, 0.6) is 0 Å². The Kier molecular flexibility index (Phi) is 25.8. The standard InChI is InChI=1S/C24H51Cl3N3O9P3/c1-4-7-10-31-13-16-34-19-22-37-40(25)28-41(26,38-23-20-35-17-14-32-11-8-5-2)30-42(27,29-40)39-24-21-36-18-15-33-12-9-6-3/h4-24H2,1-3H3. The molecule has 0 amide bonds. The Morgan fingerprint density at radius 2 is 0.571 bits per heavy atom. The largest absolute Gasteiger partial charge is 0.379 e. The van der Waals surface area contributed by atoms with Crippen LogP contribution < -0.4 is 0 Å². The van der Waals surface area contributed by atoms with Crippen LogP contribution in [0.4, 0.5) is 0 Å². The lowest BCUT2D eigenvalue weighted by Crippen LogP contribution is -2.10. The maximum absolute atomic E-state index is 6.73. The molecule has 0 atom stereocenters. The molecular formula is C24H51Cl3N3O9P3. The maximum atomic E-state index is 6.73. The van der Waals surface area contributed by atoms with Gasteiger partial charge in [-0.1, -0.05) is 40.0 Å². The van der Waals surface area contributed by atoms with Gasteiger partial charge < -0.3 is 42.0 Å². The molecule has 0 fully saturated rings. The quantitative estimate of drug-likeness (QED) is 0.0528. The zero-order valence-electron chi connectivity index (χ0n) is 25.3. The van der Waals surface area contributed by atoms with Gasteiger partial charge in [0.25, 0.3) is 0 Å². The lowest BCUT2D eigenvalue weighted by molar-refractivity contribution is 0.0363. The van der Waals surface area contributed by atoms with Gasteiger partial charge in [0, 0.05) is 19.8 Å². The molecule has 1 rings (SSSR count). The van der Waals surface area contributed by atoms with E-state index in [-0.39, 0.29) is 39.6 Å². The van der Waals surface area contributed by atoms with Crippen molar-refractivity contribution in [3.8, 4) is 0 Å². The number of halogens is 3. The number of nitrogens with zero attached hydrogens (tertiary/aromatic N) is 3. The lowest BCUT2D eigenvalue weighted by Gasteiger charge is -2.26. The van der Waals surface area contributed by atoms with E-state index in [4.69, 9.17) is 75.7 Å². The van der Waals surface area contributed by atoms with Crippen molar-refractivity contribution in [3.63, 3.8) is 0 Å². The summed E-state index contributed by atoms with van der Waals surface area (Å²) in [6.45, 7) is 2.39. The van der Waals surface area contributed by atoms with Crippen molar-refractivity contribution in [1.82, 2.24) is 0 Å². The molecule has 0 N–H and O–H groups in total. The summed E-state index contributed by atoms with van der Waals surface area (Å²) >= 11 is 20.2. The zero-order valence-corrected chi connectivity index (χ0v) is 30.3. The average molecular weight is 725 g/mol. The SMILES string of the molecule is CCCCOCCOCCOP1(Cl)=NP(Cl)(OCCOCCOCCCC)=NP(Cl)(OCCOCCOCCCC)=N1. The van der Waals surface area contributed by atoms with Gasteiger partial charge in [0.2, 0.25) is 0 Å². The third-order valence-electron chi connectivity index (χ3n) is 5.15. The Morgan fingerprint density at radius 1 is 0.357 bits per heavy atom. The predicted octanol–water partition coefficient (Wildman–Crippen LogP) is 9.10. The minimum Gasteiger partial charge on any atom is -0.379 e. The fourth-order valence-corrected chi connectivity index (χ4v) is 16.3. The molecule has 0 aromatic heterocycles. The number of ether oxygens (including phenoxy) is 6. The van der Waals surface area contributed by atoms with E-state index in [2.05, 4.69) is 34.3 Å². The predicted molar refractivity (Wildman–Crippen MR) is 173 cm³/mol. The minimum atomic E-state index is -3.35. The van der Waals surface area contributed by atoms with Crippen molar-refractivity contribution in [2.45, 2.75) is 59.3 Å². The van der Waals surface area contributed by atoms with Crippen LogP contribution in [0.3, 0.4) is 0 Å². The molecule has 0 aliphatic carbocycles. The van der Waals surface area contributed by atoms with Crippen molar-refractivity contribution >= 4 is 54.1 Å². The minimum absolute atomic E-state index is 0.120. The molecule has 0 aromatic rings. The van der Waals surface area contributed by atoms with Gasteiger partial charge in [0.15, 0.2) is 0 Å². The zero-order chi connectivity index (χ0) is 30.8. The molecule has 0 aromatic carbocycles. The van der Waals surface area contributed by atoms with Crippen LogP contribution in [0.25, 0.3) is 0 Å². The van der Waals surface area contributed by atoms with Gasteiger partial charge in [-0.3, -0.25) is 0 Å². The fraction of sp³-hybridized carbons (Fsp3) is 1.00. The van der Waals surface area contributed by atoms with E-state index in [9.17, 15) is 0 Å². The number of rotatable bonds is 30. The summed E-state index contributed by atoms with van der Waals surface area (Å²) in [5.41, 5.74) is 0. The fourth-order valence-electron chi connectivity index (χ4n) is 2.96. The molecule has 0 bridgehead atoms. The molecule has 1 aliphatic heterocycles. The molecular weight excluding hydrogens is 674 g/mol. The van der Waals surface area contributed by atoms with E-state index in [1.807, 2.05) is 0 Å². The summed E-state index contributed by atoms with van der Waals surface area (Å²) in [5, 5.41) is 0. The Bertz CT molecular complexity index is 726. The molecule has 0 saturated heterocycles. The van der Waals surface area contributed by atoms with Crippen molar-refractivity contribution in [3.05, 3.63) is 0 Å². The molecule has 42 heavy (non-hydrogen) atoms. The van der Waals surface area contributed by atoms with E-state index >= 15 is 0 Å². The van der Waals surface area contributed by atoms with Crippen LogP contribution in [0.2, 0.25) is 0 Å². The van der Waals surface area contributed by atoms with Crippen LogP contribution >= 0.6 is 54.1 Å². The summed E-state index contributed by atoms with van der Waals surface area (Å²) in [6.07, 6.45) is 6.31. The van der Waals surface area contributed by atoms with Crippen LogP contribution in [0, 0.1) is 0 Å². The molecule has 0 saturated carbocycles. The van der Waals surface area contributed by atoms with Crippen LogP contribution in [0.15, 0.2) is 13.5 Å². The van der Waals surface area contributed by atoms with E-state index in [1.165, 1.54) is 0 Å². The molecule has 0 radical (unpaired) electrons. The number of hydrogen-bond acceptors (Lipinski definition) is 12. The highest BCUT2D eigenvalue weighted by Crippen LogP contribution is 2.84. The first-order chi connectivity index (χ1) is 20.3. The van der Waals surface area contributed by atoms with Gasteiger partial charge in [-0.25, -0.2) is 0 Å². The Hall–Kier alpha value is 1.20. The van der Waals surface area contributed by atoms with Gasteiger partial charge in [0.05, 0.1) is 79.3 Å². The normalized spacial score (nSPS) is 23.9. The second-order valence-electron chi connectivity index (χ2n) is 8.92. The molecule has 18 heteroatoms. The highest BCUT2D eigenvalue weighted by molar-refractivity contribution is 8.05. The second-order valence-corrected chi connectivity index (χ2v) is 18.6. The maximum Gasteiger partial charge on any atom is 0.301 e. The van der Waals surface area contributed by atoms with Crippen molar-refractivity contribution in [2.75, 3.05) is 99.1 Å². The Balaban J connectivity index is 2.65. The molecule has 1 aliphatic rings. The molecule has 0 unspecified atom stereocenters. The van der Waals surface area contributed by atoms with Crippen LogP contribution in [0.1, 0.15) is 59.3 Å². The third kappa shape index (κ3) is 21.9. The van der Waals surface area contributed by atoms with Crippen molar-refractivity contribution < 1.29 is 42.0 Å². The van der Waals surface area contributed by atoms with E-state index in [1.54, 1.807) is 0 Å². The smallest absolute Gasteiger partial charge is 0.301 e. The summed E-state index contributed by atoms with van der Waals surface area (Å²) in [5.74, 6) is 0.